The van der Waals surface area contributed by atoms with Crippen molar-refractivity contribution in [1.82, 2.24) is 5.32 Å². The average Bonchev–Trinajstić information content (AvgIpc) is 2.18. The van der Waals surface area contributed by atoms with Crippen LogP contribution in [0.3, 0.4) is 0 Å². The average molecular weight is 219 g/mol. The van der Waals surface area contributed by atoms with Crippen molar-refractivity contribution in [2.45, 2.75) is 46.6 Å². The second-order valence-corrected chi connectivity index (χ2v) is 5.78. The summed E-state index contributed by atoms with van der Waals surface area (Å²) in [6.45, 7) is 9.01. The maximum absolute atomic E-state index is 3.37. The Kier molecular flexibility index (Phi) is 4.55. The Morgan fingerprint density at radius 1 is 1.44 bits per heavy atom. The molecule has 1 heteroatoms. The molecule has 0 saturated heterocycles. The van der Waals surface area contributed by atoms with Gasteiger partial charge in [-0.05, 0) is 43.4 Å². The zero-order valence-electron chi connectivity index (χ0n) is 11.3. The third-order valence-corrected chi connectivity index (χ3v) is 2.95. The van der Waals surface area contributed by atoms with Crippen molar-refractivity contribution in [3.05, 3.63) is 35.5 Å². The van der Waals surface area contributed by atoms with Crippen LogP contribution in [0.1, 0.15) is 40.5 Å². The van der Waals surface area contributed by atoms with E-state index in [9.17, 15) is 0 Å². The van der Waals surface area contributed by atoms with Crippen molar-refractivity contribution in [1.29, 1.82) is 0 Å². The van der Waals surface area contributed by atoms with E-state index in [0.29, 0.717) is 11.5 Å². The van der Waals surface area contributed by atoms with Crippen LogP contribution in [0.4, 0.5) is 0 Å². The van der Waals surface area contributed by atoms with Gasteiger partial charge in [0.1, 0.15) is 0 Å². The third-order valence-electron chi connectivity index (χ3n) is 2.95. The first kappa shape index (κ1) is 13.2. The summed E-state index contributed by atoms with van der Waals surface area (Å²) in [5.74, 6) is 0. The lowest BCUT2D eigenvalue weighted by atomic mass is 9.89. The molecule has 0 radical (unpaired) electrons. The van der Waals surface area contributed by atoms with E-state index in [-0.39, 0.29) is 0 Å². The van der Waals surface area contributed by atoms with Gasteiger partial charge in [-0.3, -0.25) is 0 Å². The summed E-state index contributed by atoms with van der Waals surface area (Å²) in [7, 11) is 2.04. The van der Waals surface area contributed by atoms with E-state index < -0.39 is 0 Å². The van der Waals surface area contributed by atoms with Gasteiger partial charge >= 0.3 is 0 Å². The standard InChI is InChI=1S/C15H25N/c1-12-8-6-10-14(16-5)13(12)9-7-11-15(2,3)4/h6-9,14,16H,10-11H2,1-5H3/b9-7-. The van der Waals surface area contributed by atoms with E-state index >= 15 is 0 Å². The number of nitrogens with one attached hydrogen (secondary N) is 1. The fraction of sp³-hybridized carbons (Fsp3) is 0.600. The summed E-state index contributed by atoms with van der Waals surface area (Å²) in [6, 6.07) is 0.487. The Morgan fingerprint density at radius 3 is 2.69 bits per heavy atom. The van der Waals surface area contributed by atoms with E-state index in [1.807, 2.05) is 7.05 Å². The van der Waals surface area contributed by atoms with Crippen molar-refractivity contribution >= 4 is 0 Å². The van der Waals surface area contributed by atoms with Crippen molar-refractivity contribution in [3.63, 3.8) is 0 Å². The Hall–Kier alpha value is -0.820. The van der Waals surface area contributed by atoms with Gasteiger partial charge < -0.3 is 5.32 Å². The minimum atomic E-state index is 0.380. The minimum absolute atomic E-state index is 0.380. The Labute approximate surface area is 100 Å². The molecule has 0 saturated carbocycles. The van der Waals surface area contributed by atoms with Crippen LogP contribution in [-0.2, 0) is 0 Å². The molecule has 1 unspecified atom stereocenters. The summed E-state index contributed by atoms with van der Waals surface area (Å²) in [5.41, 5.74) is 3.20. The summed E-state index contributed by atoms with van der Waals surface area (Å²) in [4.78, 5) is 0. The fourth-order valence-corrected chi connectivity index (χ4v) is 1.94. The molecular weight excluding hydrogens is 194 g/mol. The molecule has 0 aliphatic heterocycles. The number of hydrogen-bond acceptors (Lipinski definition) is 1. The van der Waals surface area contributed by atoms with E-state index in [2.05, 4.69) is 57.3 Å². The van der Waals surface area contributed by atoms with Crippen molar-refractivity contribution in [2.24, 2.45) is 5.41 Å². The van der Waals surface area contributed by atoms with Gasteiger partial charge in [0.05, 0.1) is 0 Å². The molecule has 16 heavy (non-hydrogen) atoms. The van der Waals surface area contributed by atoms with Crippen LogP contribution in [0.2, 0.25) is 0 Å². The summed E-state index contributed by atoms with van der Waals surface area (Å²) >= 11 is 0. The number of allylic oxidation sites excluding steroid dienone is 3. The van der Waals surface area contributed by atoms with E-state index in [1.54, 1.807) is 0 Å². The normalized spacial score (nSPS) is 22.2. The van der Waals surface area contributed by atoms with Crippen LogP contribution in [0.25, 0.3) is 0 Å². The topological polar surface area (TPSA) is 12.0 Å². The SMILES string of the molecule is CNC1CC=CC(C)=C1/C=C\CC(C)(C)C. The summed E-state index contributed by atoms with van der Waals surface area (Å²) in [6.07, 6.45) is 11.3. The highest BCUT2D eigenvalue weighted by Gasteiger charge is 2.14. The highest BCUT2D eigenvalue weighted by Crippen LogP contribution is 2.23. The van der Waals surface area contributed by atoms with Crippen molar-refractivity contribution in [2.75, 3.05) is 7.05 Å². The number of rotatable bonds is 3. The van der Waals surface area contributed by atoms with Crippen LogP contribution in [-0.4, -0.2) is 13.1 Å². The summed E-state index contributed by atoms with van der Waals surface area (Å²) in [5, 5.41) is 3.37. The van der Waals surface area contributed by atoms with Gasteiger partial charge in [0, 0.05) is 6.04 Å². The minimum Gasteiger partial charge on any atom is -0.313 e. The summed E-state index contributed by atoms with van der Waals surface area (Å²) < 4.78 is 0. The smallest absolute Gasteiger partial charge is 0.0355 e. The lowest BCUT2D eigenvalue weighted by Gasteiger charge is -2.22. The van der Waals surface area contributed by atoms with Gasteiger partial charge in [-0.2, -0.15) is 0 Å². The van der Waals surface area contributed by atoms with Crippen LogP contribution in [0.15, 0.2) is 35.5 Å². The molecule has 1 aliphatic carbocycles. The Morgan fingerprint density at radius 2 is 2.12 bits per heavy atom. The van der Waals surface area contributed by atoms with Crippen LogP contribution in [0, 0.1) is 5.41 Å². The molecule has 1 atom stereocenters. The second kappa shape index (κ2) is 5.49. The monoisotopic (exact) mass is 219 g/mol. The van der Waals surface area contributed by atoms with E-state index in [1.165, 1.54) is 11.1 Å². The first-order valence-electron chi connectivity index (χ1n) is 6.15. The van der Waals surface area contributed by atoms with E-state index in [0.717, 1.165) is 12.8 Å². The molecule has 0 spiro atoms. The molecule has 1 nitrogen and oxygen atoms in total. The van der Waals surface area contributed by atoms with Crippen LogP contribution in [0.5, 0.6) is 0 Å². The molecule has 1 N–H and O–H groups in total. The molecule has 0 heterocycles. The highest BCUT2D eigenvalue weighted by atomic mass is 14.9. The largest absolute Gasteiger partial charge is 0.313 e. The Bertz CT molecular complexity index is 313. The quantitative estimate of drug-likeness (QED) is 0.760. The van der Waals surface area contributed by atoms with Gasteiger partial charge in [0.2, 0.25) is 0 Å². The van der Waals surface area contributed by atoms with Crippen molar-refractivity contribution < 1.29 is 0 Å². The first-order chi connectivity index (χ1) is 7.44. The molecule has 1 aliphatic rings. The molecule has 0 aromatic heterocycles. The molecule has 90 valence electrons. The van der Waals surface area contributed by atoms with Gasteiger partial charge in [-0.15, -0.1) is 0 Å². The molecule has 0 aromatic rings. The third kappa shape index (κ3) is 3.97. The van der Waals surface area contributed by atoms with E-state index in [4.69, 9.17) is 0 Å². The first-order valence-corrected chi connectivity index (χ1v) is 6.15. The molecule has 0 aromatic carbocycles. The molecule has 0 amide bonds. The molecule has 1 rings (SSSR count). The van der Waals surface area contributed by atoms with Gasteiger partial charge in [-0.1, -0.05) is 45.1 Å². The zero-order valence-corrected chi connectivity index (χ0v) is 11.3. The predicted octanol–water partition coefficient (Wildman–Crippen LogP) is 3.84. The van der Waals surface area contributed by atoms with Crippen LogP contribution < -0.4 is 5.32 Å². The highest BCUT2D eigenvalue weighted by molar-refractivity contribution is 5.39. The molecule has 0 fully saturated rings. The zero-order chi connectivity index (χ0) is 12.2. The number of likely N-dealkylation sites (N-methyl/N-ethyl adjacent to an activating group) is 1. The maximum Gasteiger partial charge on any atom is 0.0355 e. The lowest BCUT2D eigenvalue weighted by Crippen LogP contribution is -2.28. The lowest BCUT2D eigenvalue weighted by molar-refractivity contribution is 0.420. The Balaban J connectivity index is 2.73. The second-order valence-electron chi connectivity index (χ2n) is 5.78. The van der Waals surface area contributed by atoms with Crippen molar-refractivity contribution in [3.8, 4) is 0 Å². The van der Waals surface area contributed by atoms with Crippen LogP contribution >= 0.6 is 0 Å². The van der Waals surface area contributed by atoms with Gasteiger partial charge in [-0.25, -0.2) is 0 Å². The fourth-order valence-electron chi connectivity index (χ4n) is 1.94. The maximum atomic E-state index is 3.37. The predicted molar refractivity (Wildman–Crippen MR) is 72.5 cm³/mol. The van der Waals surface area contributed by atoms with Gasteiger partial charge in [0.25, 0.3) is 0 Å². The molecule has 0 bridgehead atoms. The molecular formula is C15H25N. The number of hydrogen-bond donors (Lipinski definition) is 1. The van der Waals surface area contributed by atoms with Gasteiger partial charge in [0.15, 0.2) is 0 Å².